The van der Waals surface area contributed by atoms with Gasteiger partial charge in [0.1, 0.15) is 11.5 Å². The molecule has 0 aliphatic heterocycles. The summed E-state index contributed by atoms with van der Waals surface area (Å²) in [5.74, 6) is 0.559. The Bertz CT molecular complexity index is 1370. The molecular weight excluding hydrogens is 464 g/mol. The van der Waals surface area contributed by atoms with Crippen molar-refractivity contribution in [2.45, 2.75) is 64.8 Å². The quantitative estimate of drug-likeness (QED) is 0.316. The maximum Gasteiger partial charge on any atom is 0.168 e. The molecule has 1 N–H and O–H groups in total. The van der Waals surface area contributed by atoms with Gasteiger partial charge in [-0.2, -0.15) is 0 Å². The van der Waals surface area contributed by atoms with Crippen LogP contribution in [0.25, 0.3) is 0 Å². The SMILES string of the molecule is CC1(C)CC(=O)c2c(CC/C(O)=C3/C(=O)CC(c4ccccc4)CC3=NCc3ccccc3)noc2C1. The maximum atomic E-state index is 13.4. The Morgan fingerprint density at radius 3 is 2.43 bits per heavy atom. The van der Waals surface area contributed by atoms with Crippen molar-refractivity contribution in [2.75, 3.05) is 0 Å². The van der Waals surface area contributed by atoms with Gasteiger partial charge in [0.25, 0.3) is 0 Å². The molecule has 190 valence electrons. The number of aliphatic hydroxyl groups excluding tert-OH is 1. The number of aliphatic imine (C=N–C) groups is 1. The minimum Gasteiger partial charge on any atom is -0.511 e. The summed E-state index contributed by atoms with van der Waals surface area (Å²) < 4.78 is 5.50. The lowest BCUT2D eigenvalue weighted by molar-refractivity contribution is -0.116. The van der Waals surface area contributed by atoms with Gasteiger partial charge in [0.15, 0.2) is 11.6 Å². The van der Waals surface area contributed by atoms with E-state index in [2.05, 4.69) is 5.16 Å². The van der Waals surface area contributed by atoms with Crippen LogP contribution < -0.4 is 0 Å². The largest absolute Gasteiger partial charge is 0.511 e. The summed E-state index contributed by atoms with van der Waals surface area (Å²) in [4.78, 5) is 31.0. The van der Waals surface area contributed by atoms with Crippen molar-refractivity contribution in [3.8, 4) is 0 Å². The number of Topliss-reactive ketones (excluding diaryl/α,β-unsaturated/α-hetero) is 2. The molecule has 1 fully saturated rings. The molecule has 1 atom stereocenters. The van der Waals surface area contributed by atoms with E-state index in [1.807, 2.05) is 74.5 Å². The second-order valence-corrected chi connectivity index (χ2v) is 10.9. The zero-order valence-electron chi connectivity index (χ0n) is 21.4. The molecule has 1 heterocycles. The number of carbonyl (C=O) groups excluding carboxylic acids is 2. The van der Waals surface area contributed by atoms with Crippen LogP contribution in [0, 0.1) is 5.41 Å². The highest BCUT2D eigenvalue weighted by atomic mass is 16.5. The summed E-state index contributed by atoms with van der Waals surface area (Å²) in [6, 6.07) is 19.9. The molecule has 0 bridgehead atoms. The van der Waals surface area contributed by atoms with Gasteiger partial charge < -0.3 is 9.63 Å². The molecule has 1 unspecified atom stereocenters. The predicted molar refractivity (Wildman–Crippen MR) is 142 cm³/mol. The van der Waals surface area contributed by atoms with Crippen LogP contribution in [-0.4, -0.2) is 27.5 Å². The number of aliphatic hydroxyl groups is 1. The van der Waals surface area contributed by atoms with Gasteiger partial charge in [0.05, 0.1) is 29.1 Å². The van der Waals surface area contributed by atoms with Crippen molar-refractivity contribution in [2.24, 2.45) is 10.4 Å². The maximum absolute atomic E-state index is 13.4. The van der Waals surface area contributed by atoms with Crippen molar-refractivity contribution in [1.29, 1.82) is 0 Å². The van der Waals surface area contributed by atoms with E-state index >= 15 is 0 Å². The van der Waals surface area contributed by atoms with Gasteiger partial charge in [0.2, 0.25) is 0 Å². The number of hydrogen-bond acceptors (Lipinski definition) is 6. The number of benzene rings is 2. The van der Waals surface area contributed by atoms with E-state index in [1.165, 1.54) is 0 Å². The highest BCUT2D eigenvalue weighted by molar-refractivity contribution is 6.24. The molecule has 0 spiro atoms. The predicted octanol–water partition coefficient (Wildman–Crippen LogP) is 6.36. The van der Waals surface area contributed by atoms with E-state index in [-0.39, 0.29) is 35.1 Å². The zero-order valence-corrected chi connectivity index (χ0v) is 21.4. The number of carbonyl (C=O) groups is 2. The Kier molecular flexibility index (Phi) is 6.92. The number of aromatic nitrogens is 1. The fraction of sp³-hybridized carbons (Fsp3) is 0.355. The standard InChI is InChI=1S/C31H32N2O4/c1-31(2)17-27(36)30-23(33-37-28(30)18-31)13-14-25(34)29-24(32-19-20-9-5-3-6-10-20)15-22(16-26(29)35)21-11-7-4-8-12-21/h3-12,22,34H,13-19H2,1-2H3/b29-25-,32-24?. The third kappa shape index (κ3) is 5.48. The van der Waals surface area contributed by atoms with E-state index in [0.29, 0.717) is 67.0 Å². The van der Waals surface area contributed by atoms with Crippen molar-refractivity contribution < 1.29 is 19.2 Å². The van der Waals surface area contributed by atoms with E-state index in [4.69, 9.17) is 9.52 Å². The topological polar surface area (TPSA) is 92.8 Å². The Hall–Kier alpha value is -3.80. The lowest BCUT2D eigenvalue weighted by Crippen LogP contribution is -2.27. The molecule has 1 saturated carbocycles. The van der Waals surface area contributed by atoms with E-state index < -0.39 is 0 Å². The second-order valence-electron chi connectivity index (χ2n) is 10.9. The van der Waals surface area contributed by atoms with Crippen LogP contribution in [0.2, 0.25) is 0 Å². The van der Waals surface area contributed by atoms with E-state index in [0.717, 1.165) is 11.1 Å². The fourth-order valence-corrected chi connectivity index (χ4v) is 5.45. The van der Waals surface area contributed by atoms with Crippen molar-refractivity contribution in [3.63, 3.8) is 0 Å². The van der Waals surface area contributed by atoms with Crippen LogP contribution in [0.3, 0.4) is 0 Å². The number of allylic oxidation sites excluding steroid dienone is 2. The highest BCUT2D eigenvalue weighted by Gasteiger charge is 2.37. The van der Waals surface area contributed by atoms with Gasteiger partial charge in [-0.15, -0.1) is 0 Å². The van der Waals surface area contributed by atoms with Crippen LogP contribution in [0.1, 0.15) is 78.4 Å². The second kappa shape index (κ2) is 10.3. The third-order valence-corrected chi connectivity index (χ3v) is 7.28. The summed E-state index contributed by atoms with van der Waals surface area (Å²) in [5.41, 5.74) is 4.03. The molecule has 1 aromatic heterocycles. The van der Waals surface area contributed by atoms with Crippen LogP contribution in [0.4, 0.5) is 0 Å². The summed E-state index contributed by atoms with van der Waals surface area (Å²) in [6.45, 7) is 4.52. The summed E-state index contributed by atoms with van der Waals surface area (Å²) in [7, 11) is 0. The summed E-state index contributed by atoms with van der Waals surface area (Å²) in [5, 5.41) is 15.3. The lowest BCUT2D eigenvalue weighted by Gasteiger charge is -2.27. The van der Waals surface area contributed by atoms with Crippen molar-refractivity contribution in [1.82, 2.24) is 5.16 Å². The number of hydrogen-bond donors (Lipinski definition) is 1. The first-order valence-corrected chi connectivity index (χ1v) is 12.9. The average Bonchev–Trinajstić information content (AvgIpc) is 3.28. The normalized spacial score (nSPS) is 21.7. The minimum absolute atomic E-state index is 0.00339. The molecule has 5 rings (SSSR count). The summed E-state index contributed by atoms with van der Waals surface area (Å²) >= 11 is 0. The van der Waals surface area contributed by atoms with Crippen LogP contribution in [0.5, 0.6) is 0 Å². The Morgan fingerprint density at radius 2 is 1.70 bits per heavy atom. The molecule has 2 aromatic carbocycles. The third-order valence-electron chi connectivity index (χ3n) is 7.28. The average molecular weight is 497 g/mol. The van der Waals surface area contributed by atoms with E-state index in [1.54, 1.807) is 0 Å². The van der Waals surface area contributed by atoms with Gasteiger partial charge in [-0.05, 0) is 28.9 Å². The van der Waals surface area contributed by atoms with Gasteiger partial charge in [-0.1, -0.05) is 79.7 Å². The Labute approximate surface area is 217 Å². The molecule has 6 nitrogen and oxygen atoms in total. The fourth-order valence-electron chi connectivity index (χ4n) is 5.45. The number of ketones is 2. The molecule has 3 aromatic rings. The Morgan fingerprint density at radius 1 is 1.00 bits per heavy atom. The first-order valence-electron chi connectivity index (χ1n) is 12.9. The minimum atomic E-state index is -0.154. The lowest BCUT2D eigenvalue weighted by atomic mass is 9.76. The van der Waals surface area contributed by atoms with Crippen LogP contribution >= 0.6 is 0 Å². The molecule has 0 radical (unpaired) electrons. The van der Waals surface area contributed by atoms with E-state index in [9.17, 15) is 14.7 Å². The van der Waals surface area contributed by atoms with Gasteiger partial charge in [-0.25, -0.2) is 0 Å². The molecule has 2 aliphatic rings. The molecule has 0 saturated heterocycles. The van der Waals surface area contributed by atoms with Crippen molar-refractivity contribution in [3.05, 3.63) is 100 Å². The highest BCUT2D eigenvalue weighted by Crippen LogP contribution is 2.37. The molecule has 37 heavy (non-hydrogen) atoms. The van der Waals surface area contributed by atoms with Crippen LogP contribution in [-0.2, 0) is 24.2 Å². The summed E-state index contributed by atoms with van der Waals surface area (Å²) in [6.07, 6.45) is 2.51. The first kappa shape index (κ1) is 24.9. The number of aryl methyl sites for hydroxylation is 1. The first-order chi connectivity index (χ1) is 17.8. The van der Waals surface area contributed by atoms with Crippen LogP contribution in [0.15, 0.2) is 81.5 Å². The number of rotatable bonds is 6. The molecule has 6 heteroatoms. The molecular formula is C31H32N2O4. The van der Waals surface area contributed by atoms with Gasteiger partial charge in [-0.3, -0.25) is 14.6 Å². The number of nitrogens with zero attached hydrogens (tertiary/aromatic N) is 2. The Balaban J connectivity index is 1.41. The monoisotopic (exact) mass is 496 g/mol. The van der Waals surface area contributed by atoms with Crippen molar-refractivity contribution >= 4 is 17.3 Å². The zero-order chi connectivity index (χ0) is 26.0. The smallest absolute Gasteiger partial charge is 0.168 e. The molecule has 2 aliphatic carbocycles. The van der Waals surface area contributed by atoms with Gasteiger partial charge >= 0.3 is 0 Å². The molecule has 0 amide bonds. The van der Waals surface area contributed by atoms with Gasteiger partial charge in [0, 0.05) is 32.1 Å². The number of fused-ring (bicyclic) bond motifs is 1.